The van der Waals surface area contributed by atoms with Crippen molar-refractivity contribution in [1.29, 1.82) is 0 Å². The Bertz CT molecular complexity index is 3370. The molecule has 1 saturated heterocycles. The summed E-state index contributed by atoms with van der Waals surface area (Å²) in [4.78, 5) is 126. The second-order valence-corrected chi connectivity index (χ2v) is 23.6. The number of aromatic nitrogens is 1. The maximum absolute atomic E-state index is 13.9. The highest BCUT2D eigenvalue weighted by atomic mass is 32.1. The molecule has 0 bridgehead atoms. The first-order valence-corrected chi connectivity index (χ1v) is 29.9. The summed E-state index contributed by atoms with van der Waals surface area (Å²) in [6.07, 6.45) is 9.83. The number of hydrogen-bond donors (Lipinski definition) is 6. The molecule has 3 aliphatic rings. The minimum atomic E-state index is -1.04. The van der Waals surface area contributed by atoms with Crippen molar-refractivity contribution in [2.45, 2.75) is 91.2 Å². The predicted octanol–water partition coefficient (Wildman–Crippen LogP) is 6.97. The number of amides is 10. The highest BCUT2D eigenvalue weighted by Gasteiger charge is 2.32. The van der Waals surface area contributed by atoms with Gasteiger partial charge in [0.1, 0.15) is 25.0 Å². The molecule has 0 radical (unpaired) electrons. The van der Waals surface area contributed by atoms with Crippen LogP contribution in [0.15, 0.2) is 78.2 Å². The Labute approximate surface area is 503 Å². The van der Waals surface area contributed by atoms with Crippen molar-refractivity contribution in [2.24, 2.45) is 11.1 Å². The number of carbonyl (C=O) groups is 9. The summed E-state index contributed by atoms with van der Waals surface area (Å²) in [6.45, 7) is 10.5. The average molecular weight is 1200 g/mol. The molecule has 458 valence electrons. The van der Waals surface area contributed by atoms with E-state index < -0.39 is 41.5 Å². The van der Waals surface area contributed by atoms with Gasteiger partial charge in [-0.05, 0) is 130 Å². The number of aryl methyl sites for hydroxylation is 1. The number of rotatable bonds is 28. The van der Waals surface area contributed by atoms with E-state index in [1.807, 2.05) is 50.4 Å². The van der Waals surface area contributed by atoms with Gasteiger partial charge >= 0.3 is 18.2 Å². The second kappa shape index (κ2) is 29.4. The number of imide groups is 1. The van der Waals surface area contributed by atoms with E-state index in [1.165, 1.54) is 46.1 Å². The first kappa shape index (κ1) is 63.3. The fourth-order valence-corrected chi connectivity index (χ4v) is 11.9. The maximum Gasteiger partial charge on any atom is 0.415 e. The summed E-state index contributed by atoms with van der Waals surface area (Å²) in [5, 5.41) is 14.4. The molecule has 3 aliphatic heterocycles. The lowest BCUT2D eigenvalue weighted by atomic mass is 9.92. The van der Waals surface area contributed by atoms with E-state index >= 15 is 0 Å². The molecule has 2 aromatic heterocycles. The zero-order chi connectivity index (χ0) is 61.5. The summed E-state index contributed by atoms with van der Waals surface area (Å²) < 4.78 is 18.6. The van der Waals surface area contributed by atoms with Gasteiger partial charge in [0.25, 0.3) is 17.7 Å². The summed E-state index contributed by atoms with van der Waals surface area (Å²) in [6, 6.07) is 14.5. The standard InChI is InChI=1S/C62H77N11O12S/c1-40-37-86-57-50(34-49-46(56(40)57)24-29-72(49)53(76)21-18-44-32-42-33-45(19-20-47(42)66-44)83-31-30-71-26-9-10-27-71)85-61(82)70(5)39-62(2,3)38-69(4)60(81)84-36-41-14-16-43(17-15-41)67-58(79)48(12-11-25-64-59(63)80)68-52(75)35-65-51(74)13-7-6-8-28-73-54(77)22-23-55(73)78/h14-23,32-34,37,48,66H,6-13,24-31,35-36,38-39H2,1-5H3,(H,65,74)(H,67,79)(H,68,75)(H3,63,64,80)/b21-18+/t48-/m0/s1. The molecule has 3 aromatic carbocycles. The molecule has 86 heavy (non-hydrogen) atoms. The highest BCUT2D eigenvalue weighted by Crippen LogP contribution is 2.45. The number of likely N-dealkylation sites (tertiary alicyclic amines) is 1. The second-order valence-electron chi connectivity index (χ2n) is 22.7. The molecular weight excluding hydrogens is 1120 g/mol. The molecule has 5 heterocycles. The monoisotopic (exact) mass is 1200 g/mol. The van der Waals surface area contributed by atoms with E-state index in [0.29, 0.717) is 67.9 Å². The van der Waals surface area contributed by atoms with Crippen LogP contribution in [0.5, 0.6) is 11.5 Å². The molecule has 0 unspecified atom stereocenters. The molecule has 1 atom stereocenters. The summed E-state index contributed by atoms with van der Waals surface area (Å²) >= 11 is 1.48. The average Bonchev–Trinajstić information content (AvgIpc) is 1.75. The van der Waals surface area contributed by atoms with Crippen molar-refractivity contribution < 1.29 is 57.4 Å². The minimum Gasteiger partial charge on any atom is -0.492 e. The number of H-pyrrole nitrogens is 1. The van der Waals surface area contributed by atoms with Gasteiger partial charge in [-0.25, -0.2) is 14.4 Å². The van der Waals surface area contributed by atoms with Gasteiger partial charge in [0, 0.05) is 117 Å². The molecule has 10 amide bonds. The lowest BCUT2D eigenvalue weighted by Gasteiger charge is -2.33. The summed E-state index contributed by atoms with van der Waals surface area (Å²) in [7, 11) is 3.24. The van der Waals surface area contributed by atoms with Crippen LogP contribution in [0.2, 0.25) is 0 Å². The fourth-order valence-electron chi connectivity index (χ4n) is 10.9. The number of nitrogens with one attached hydrogen (secondary N) is 5. The number of benzene rings is 3. The third-order valence-electron chi connectivity index (χ3n) is 15.1. The maximum atomic E-state index is 13.9. The van der Waals surface area contributed by atoms with Gasteiger partial charge in [-0.15, -0.1) is 11.3 Å². The molecule has 0 aliphatic carbocycles. The van der Waals surface area contributed by atoms with E-state index in [0.717, 1.165) is 68.1 Å². The fraction of sp³-hybridized carbons (Fsp3) is 0.435. The van der Waals surface area contributed by atoms with Crippen LogP contribution in [0, 0.1) is 12.3 Å². The molecule has 23 nitrogen and oxygen atoms in total. The topological polar surface area (TPSA) is 287 Å². The van der Waals surface area contributed by atoms with Gasteiger partial charge < -0.3 is 60.9 Å². The van der Waals surface area contributed by atoms with Gasteiger partial charge in [0.15, 0.2) is 5.75 Å². The van der Waals surface area contributed by atoms with Crippen LogP contribution in [0.4, 0.5) is 25.8 Å². The number of ether oxygens (including phenoxy) is 3. The molecular formula is C62H77N11O12S. The van der Waals surface area contributed by atoms with E-state index in [9.17, 15) is 43.2 Å². The Balaban J connectivity index is 0.780. The molecule has 5 aromatic rings. The number of hydrogen-bond acceptors (Lipinski definition) is 14. The Morgan fingerprint density at radius 2 is 1.58 bits per heavy atom. The number of fused-ring (bicyclic) bond motifs is 4. The van der Waals surface area contributed by atoms with Crippen LogP contribution >= 0.6 is 11.3 Å². The van der Waals surface area contributed by atoms with Crippen LogP contribution in [0.3, 0.4) is 0 Å². The Hall–Kier alpha value is -8.77. The van der Waals surface area contributed by atoms with Crippen molar-refractivity contribution >= 4 is 103 Å². The molecule has 24 heteroatoms. The van der Waals surface area contributed by atoms with Gasteiger partial charge in [-0.2, -0.15) is 0 Å². The summed E-state index contributed by atoms with van der Waals surface area (Å²) in [5.41, 5.74) is 10.1. The normalized spacial score (nSPS) is 14.4. The van der Waals surface area contributed by atoms with E-state index in [2.05, 4.69) is 31.2 Å². The largest absolute Gasteiger partial charge is 0.492 e. The lowest BCUT2D eigenvalue weighted by molar-refractivity contribution is -0.137. The van der Waals surface area contributed by atoms with Crippen molar-refractivity contribution in [1.82, 2.24) is 40.5 Å². The number of primary amides is 1. The zero-order valence-electron chi connectivity index (χ0n) is 49.4. The summed E-state index contributed by atoms with van der Waals surface area (Å²) in [5.74, 6) is -1.30. The lowest BCUT2D eigenvalue weighted by Crippen LogP contribution is -2.47. The highest BCUT2D eigenvalue weighted by molar-refractivity contribution is 7.17. The van der Waals surface area contributed by atoms with Gasteiger partial charge in [-0.3, -0.25) is 38.6 Å². The molecule has 1 fully saturated rings. The Morgan fingerprint density at radius 3 is 2.31 bits per heavy atom. The predicted molar refractivity (Wildman–Crippen MR) is 328 cm³/mol. The van der Waals surface area contributed by atoms with Crippen LogP contribution < -0.4 is 41.4 Å². The number of nitrogens with two attached hydrogens (primary N) is 1. The van der Waals surface area contributed by atoms with Crippen LogP contribution in [-0.2, 0) is 46.5 Å². The third-order valence-corrected chi connectivity index (χ3v) is 16.2. The Morgan fingerprint density at radius 1 is 0.849 bits per heavy atom. The number of unbranched alkanes of at least 4 members (excludes halogenated alkanes) is 2. The third kappa shape index (κ3) is 17.4. The van der Waals surface area contributed by atoms with Crippen molar-refractivity contribution in [2.75, 3.05) is 89.8 Å². The quantitative estimate of drug-likeness (QED) is 0.0168. The molecule has 8 rings (SSSR count). The van der Waals surface area contributed by atoms with Gasteiger partial charge in [0.2, 0.25) is 17.7 Å². The van der Waals surface area contributed by atoms with Gasteiger partial charge in [0.05, 0.1) is 16.9 Å². The number of anilines is 2. The first-order valence-electron chi connectivity index (χ1n) is 29.0. The van der Waals surface area contributed by atoms with Gasteiger partial charge in [-0.1, -0.05) is 32.4 Å². The van der Waals surface area contributed by atoms with Crippen LogP contribution in [-0.4, -0.2) is 164 Å². The van der Waals surface area contributed by atoms with Crippen LogP contribution in [0.1, 0.15) is 87.6 Å². The number of urea groups is 1. The minimum absolute atomic E-state index is 0.0867. The van der Waals surface area contributed by atoms with E-state index in [-0.39, 0.29) is 75.8 Å². The SMILES string of the molecule is Cc1csc2c(OC(=O)N(C)CC(C)(C)CN(C)C(=O)OCc3ccc(NC(=O)[C@H](CCCNC(N)=O)NC(=O)CNC(=O)CCCCCN4C(=O)C=CC4=O)cc3)cc3c(c12)CCN3C(=O)/C=C/c1cc2cc(OCCN3CCCC3)ccc2[nH]1. The Kier molecular flexibility index (Phi) is 21.6. The molecule has 0 spiro atoms. The number of carbonyl (C=O) groups excluding carboxylic acids is 9. The van der Waals surface area contributed by atoms with Crippen molar-refractivity contribution in [3.05, 3.63) is 101 Å². The number of thiophene rings is 1. The smallest absolute Gasteiger partial charge is 0.415 e. The number of aromatic amines is 1. The van der Waals surface area contributed by atoms with Crippen LogP contribution in [0.25, 0.3) is 27.1 Å². The number of nitrogens with zero attached hydrogens (tertiary/aromatic N) is 5. The first-order chi connectivity index (χ1) is 41.2. The molecule has 7 N–H and O–H groups in total. The van der Waals surface area contributed by atoms with E-state index in [4.69, 9.17) is 19.9 Å². The van der Waals surface area contributed by atoms with E-state index in [1.54, 1.807) is 61.5 Å². The zero-order valence-corrected chi connectivity index (χ0v) is 50.2. The van der Waals surface area contributed by atoms with Crippen molar-refractivity contribution in [3.63, 3.8) is 0 Å². The van der Waals surface area contributed by atoms with Crippen molar-refractivity contribution in [3.8, 4) is 11.5 Å². The molecule has 0 saturated carbocycles.